The van der Waals surface area contributed by atoms with Crippen LogP contribution in [0.25, 0.3) is 0 Å². The van der Waals surface area contributed by atoms with Crippen molar-refractivity contribution in [2.45, 2.75) is 0 Å². The zero-order valence-electron chi connectivity index (χ0n) is 11.8. The van der Waals surface area contributed by atoms with Crippen molar-refractivity contribution in [3.8, 4) is 28.7 Å². The Morgan fingerprint density at radius 1 is 0.636 bits per heavy atom. The van der Waals surface area contributed by atoms with E-state index >= 15 is 0 Å². The molecule has 3 aromatic rings. The van der Waals surface area contributed by atoms with Crippen molar-refractivity contribution in [3.05, 3.63) is 72.8 Å². The Bertz CT molecular complexity index is 769. The van der Waals surface area contributed by atoms with Gasteiger partial charge in [0, 0.05) is 17.8 Å². The molecule has 22 heavy (non-hydrogen) atoms. The lowest BCUT2D eigenvalue weighted by Gasteiger charge is -2.09. The summed E-state index contributed by atoms with van der Waals surface area (Å²) in [7, 11) is 0. The first kappa shape index (κ1) is 13.8. The van der Waals surface area contributed by atoms with Crippen LogP contribution in [0.4, 0.5) is 5.69 Å². The summed E-state index contributed by atoms with van der Waals surface area (Å²) in [6.45, 7) is 0. The van der Waals surface area contributed by atoms with Gasteiger partial charge in [0.2, 0.25) is 0 Å². The summed E-state index contributed by atoms with van der Waals surface area (Å²) in [6.07, 6.45) is 0. The SMILES string of the molecule is Nc1cccc(Oc2cccc(Oc3ccc(O)cc3)c2)c1. The summed E-state index contributed by atoms with van der Waals surface area (Å²) in [5.74, 6) is 2.81. The van der Waals surface area contributed by atoms with E-state index in [1.807, 2.05) is 30.3 Å². The fourth-order valence-corrected chi connectivity index (χ4v) is 1.97. The molecule has 0 atom stereocenters. The highest BCUT2D eigenvalue weighted by Crippen LogP contribution is 2.29. The standard InChI is InChI=1S/C18H15NO3/c19-13-3-1-4-16(11-13)22-18-6-2-5-17(12-18)21-15-9-7-14(20)8-10-15/h1-12,20H,19H2. The molecular formula is C18H15NO3. The van der Waals surface area contributed by atoms with Crippen LogP contribution in [-0.4, -0.2) is 5.11 Å². The molecular weight excluding hydrogens is 278 g/mol. The Morgan fingerprint density at radius 3 is 1.82 bits per heavy atom. The van der Waals surface area contributed by atoms with Crippen molar-refractivity contribution in [2.24, 2.45) is 0 Å². The van der Waals surface area contributed by atoms with Crippen LogP contribution >= 0.6 is 0 Å². The molecule has 0 unspecified atom stereocenters. The first-order chi connectivity index (χ1) is 10.7. The minimum absolute atomic E-state index is 0.200. The van der Waals surface area contributed by atoms with Crippen LogP contribution in [0.15, 0.2) is 72.8 Å². The summed E-state index contributed by atoms with van der Waals surface area (Å²) in [5, 5.41) is 9.27. The highest BCUT2D eigenvalue weighted by atomic mass is 16.5. The number of phenols is 1. The van der Waals surface area contributed by atoms with Gasteiger partial charge in [0.15, 0.2) is 0 Å². The van der Waals surface area contributed by atoms with Gasteiger partial charge in [0.25, 0.3) is 0 Å². The molecule has 0 aromatic heterocycles. The van der Waals surface area contributed by atoms with E-state index in [4.69, 9.17) is 15.2 Å². The number of hydrogen-bond donors (Lipinski definition) is 2. The predicted octanol–water partition coefficient (Wildman–Crippen LogP) is 4.56. The number of aromatic hydroxyl groups is 1. The van der Waals surface area contributed by atoms with E-state index in [0.29, 0.717) is 28.7 Å². The van der Waals surface area contributed by atoms with Crippen LogP contribution in [-0.2, 0) is 0 Å². The summed E-state index contributed by atoms with van der Waals surface area (Å²) >= 11 is 0. The lowest BCUT2D eigenvalue weighted by molar-refractivity contribution is 0.455. The van der Waals surface area contributed by atoms with Gasteiger partial charge in [-0.2, -0.15) is 0 Å². The van der Waals surface area contributed by atoms with E-state index < -0.39 is 0 Å². The minimum Gasteiger partial charge on any atom is -0.508 e. The van der Waals surface area contributed by atoms with Crippen molar-refractivity contribution in [2.75, 3.05) is 5.73 Å². The highest BCUT2D eigenvalue weighted by Gasteiger charge is 2.02. The van der Waals surface area contributed by atoms with E-state index in [9.17, 15) is 5.11 Å². The van der Waals surface area contributed by atoms with Gasteiger partial charge in [-0.05, 0) is 48.5 Å². The monoisotopic (exact) mass is 293 g/mol. The molecule has 0 radical (unpaired) electrons. The molecule has 0 aliphatic rings. The van der Waals surface area contributed by atoms with Gasteiger partial charge in [-0.1, -0.05) is 12.1 Å². The van der Waals surface area contributed by atoms with Gasteiger partial charge in [0.1, 0.15) is 28.7 Å². The van der Waals surface area contributed by atoms with E-state index in [1.165, 1.54) is 0 Å². The quantitative estimate of drug-likeness (QED) is 0.692. The Hall–Kier alpha value is -3.14. The molecule has 3 rings (SSSR count). The van der Waals surface area contributed by atoms with Crippen molar-refractivity contribution >= 4 is 5.69 Å². The van der Waals surface area contributed by atoms with E-state index in [2.05, 4.69) is 0 Å². The van der Waals surface area contributed by atoms with Gasteiger partial charge >= 0.3 is 0 Å². The van der Waals surface area contributed by atoms with Gasteiger partial charge < -0.3 is 20.3 Å². The van der Waals surface area contributed by atoms with Crippen LogP contribution in [0.1, 0.15) is 0 Å². The second-order valence-corrected chi connectivity index (χ2v) is 4.75. The largest absolute Gasteiger partial charge is 0.508 e. The first-order valence-corrected chi connectivity index (χ1v) is 6.79. The normalized spacial score (nSPS) is 10.2. The predicted molar refractivity (Wildman–Crippen MR) is 85.6 cm³/mol. The third-order valence-corrected chi connectivity index (χ3v) is 2.97. The third kappa shape index (κ3) is 3.49. The maximum atomic E-state index is 9.27. The van der Waals surface area contributed by atoms with Crippen molar-refractivity contribution in [1.29, 1.82) is 0 Å². The van der Waals surface area contributed by atoms with Gasteiger partial charge in [-0.15, -0.1) is 0 Å². The smallest absolute Gasteiger partial charge is 0.131 e. The maximum absolute atomic E-state index is 9.27. The Balaban J connectivity index is 1.76. The molecule has 0 heterocycles. The van der Waals surface area contributed by atoms with Crippen LogP contribution in [0.3, 0.4) is 0 Å². The summed E-state index contributed by atoms with van der Waals surface area (Å²) in [5.41, 5.74) is 6.38. The number of rotatable bonds is 4. The molecule has 3 N–H and O–H groups in total. The topological polar surface area (TPSA) is 64.7 Å². The molecule has 0 bridgehead atoms. The summed E-state index contributed by atoms with van der Waals surface area (Å²) in [6, 6.07) is 21.1. The first-order valence-electron chi connectivity index (χ1n) is 6.79. The second-order valence-electron chi connectivity index (χ2n) is 4.75. The number of hydrogen-bond acceptors (Lipinski definition) is 4. The third-order valence-electron chi connectivity index (χ3n) is 2.97. The van der Waals surface area contributed by atoms with Crippen LogP contribution in [0.2, 0.25) is 0 Å². The number of nitrogen functional groups attached to an aromatic ring is 1. The van der Waals surface area contributed by atoms with E-state index in [1.54, 1.807) is 42.5 Å². The maximum Gasteiger partial charge on any atom is 0.131 e. The molecule has 4 heteroatoms. The molecule has 110 valence electrons. The Morgan fingerprint density at radius 2 is 1.18 bits per heavy atom. The highest BCUT2D eigenvalue weighted by molar-refractivity contribution is 5.46. The fraction of sp³-hybridized carbons (Fsp3) is 0. The second kappa shape index (κ2) is 6.10. The van der Waals surface area contributed by atoms with Gasteiger partial charge in [-0.25, -0.2) is 0 Å². The lowest BCUT2D eigenvalue weighted by atomic mass is 10.3. The Kier molecular flexibility index (Phi) is 3.83. The van der Waals surface area contributed by atoms with Gasteiger partial charge in [-0.3, -0.25) is 0 Å². The Labute approximate surface area is 128 Å². The molecule has 0 saturated heterocycles. The molecule has 0 aliphatic carbocycles. The summed E-state index contributed by atoms with van der Waals surface area (Å²) < 4.78 is 11.5. The molecule has 4 nitrogen and oxygen atoms in total. The molecule has 0 spiro atoms. The van der Waals surface area contributed by atoms with E-state index in [0.717, 1.165) is 0 Å². The van der Waals surface area contributed by atoms with E-state index in [-0.39, 0.29) is 5.75 Å². The molecule has 0 amide bonds. The van der Waals surface area contributed by atoms with Crippen LogP contribution < -0.4 is 15.2 Å². The number of anilines is 1. The lowest BCUT2D eigenvalue weighted by Crippen LogP contribution is -1.89. The minimum atomic E-state index is 0.200. The molecule has 0 aliphatic heterocycles. The van der Waals surface area contributed by atoms with Crippen molar-refractivity contribution < 1.29 is 14.6 Å². The van der Waals surface area contributed by atoms with Crippen LogP contribution in [0, 0.1) is 0 Å². The van der Waals surface area contributed by atoms with Crippen LogP contribution in [0.5, 0.6) is 28.7 Å². The summed E-state index contributed by atoms with van der Waals surface area (Å²) in [4.78, 5) is 0. The zero-order valence-corrected chi connectivity index (χ0v) is 11.8. The molecule has 0 fully saturated rings. The average molecular weight is 293 g/mol. The zero-order chi connectivity index (χ0) is 15.4. The molecule has 0 saturated carbocycles. The van der Waals surface area contributed by atoms with Crippen molar-refractivity contribution in [1.82, 2.24) is 0 Å². The molecule has 3 aromatic carbocycles. The number of nitrogens with two attached hydrogens (primary N) is 1. The number of ether oxygens (including phenoxy) is 2. The van der Waals surface area contributed by atoms with Gasteiger partial charge in [0.05, 0.1) is 0 Å². The number of phenolic OH excluding ortho intramolecular Hbond substituents is 1. The fourth-order valence-electron chi connectivity index (χ4n) is 1.97. The number of benzene rings is 3. The van der Waals surface area contributed by atoms with Crippen molar-refractivity contribution in [3.63, 3.8) is 0 Å². The average Bonchev–Trinajstić information content (AvgIpc) is 2.50.